The molecule has 0 rings (SSSR count). The van der Waals surface area contributed by atoms with E-state index in [4.69, 9.17) is 9.16 Å². The van der Waals surface area contributed by atoms with Crippen molar-refractivity contribution >= 4 is 22.5 Å². The van der Waals surface area contributed by atoms with Crippen LogP contribution >= 0.6 is 0 Å². The van der Waals surface area contributed by atoms with Crippen LogP contribution in [0.2, 0.25) is 43.8 Å². The lowest BCUT2D eigenvalue weighted by molar-refractivity contribution is 0.156. The van der Waals surface area contributed by atoms with Gasteiger partial charge in [-0.25, -0.2) is 4.79 Å². The van der Waals surface area contributed by atoms with Crippen LogP contribution in [0, 0.1) is 0 Å². The first-order valence-electron chi connectivity index (χ1n) is 8.72. The van der Waals surface area contributed by atoms with Crippen LogP contribution in [0.4, 0.5) is 4.79 Å². The van der Waals surface area contributed by atoms with Gasteiger partial charge < -0.3 is 9.16 Å². The molecule has 0 atom stereocenters. The van der Waals surface area contributed by atoms with Crippen LogP contribution in [-0.2, 0) is 9.16 Å². The van der Waals surface area contributed by atoms with Crippen molar-refractivity contribution in [3.05, 3.63) is 24.4 Å². The molecule has 140 valence electrons. The first-order chi connectivity index (χ1) is 10.9. The standard InChI is InChI=1S/C18H37NO3Si2/c1-18(2,3)24(7,8)22-14-12-10-9-11-13-19-17(20)21-15-16-23(4,5)6/h10-13H,9,14-16H2,1-8H3,(H,19,20)/b12-10-,13-11-. The Morgan fingerprint density at radius 3 is 2.21 bits per heavy atom. The van der Waals surface area contributed by atoms with Crippen molar-refractivity contribution in [1.29, 1.82) is 0 Å². The monoisotopic (exact) mass is 371 g/mol. The molecule has 0 heterocycles. The molecule has 0 aromatic carbocycles. The second-order valence-corrected chi connectivity index (χ2v) is 19.2. The normalized spacial score (nSPS) is 13.7. The number of ether oxygens (including phenoxy) is 1. The van der Waals surface area contributed by atoms with E-state index in [2.05, 4.69) is 58.8 Å². The van der Waals surface area contributed by atoms with Gasteiger partial charge in [0, 0.05) is 14.3 Å². The summed E-state index contributed by atoms with van der Waals surface area (Å²) in [5.74, 6) is 0. The molecule has 0 aliphatic rings. The number of nitrogens with one attached hydrogen (secondary N) is 1. The summed E-state index contributed by atoms with van der Waals surface area (Å²) in [4.78, 5) is 11.5. The number of hydrogen-bond acceptors (Lipinski definition) is 3. The van der Waals surface area contributed by atoms with Crippen LogP contribution < -0.4 is 5.32 Å². The van der Waals surface area contributed by atoms with E-state index in [-0.39, 0.29) is 11.1 Å². The topological polar surface area (TPSA) is 47.6 Å². The number of carbonyl (C=O) groups is 1. The number of rotatable bonds is 9. The van der Waals surface area contributed by atoms with Crippen LogP contribution in [0.5, 0.6) is 0 Å². The van der Waals surface area contributed by atoms with Crippen molar-refractivity contribution in [2.24, 2.45) is 0 Å². The molecule has 0 aromatic rings. The summed E-state index contributed by atoms with van der Waals surface area (Å²) >= 11 is 0. The molecule has 6 heteroatoms. The molecular formula is C18H37NO3Si2. The summed E-state index contributed by atoms with van der Waals surface area (Å²) in [7, 11) is -2.81. The fourth-order valence-electron chi connectivity index (χ4n) is 1.40. The SMILES string of the molecule is CC(C)(C)[Si](C)(C)OC/C=C\C/C=C\NC(=O)OCC[Si](C)(C)C. The summed E-state index contributed by atoms with van der Waals surface area (Å²) < 4.78 is 11.2. The summed E-state index contributed by atoms with van der Waals surface area (Å²) in [6, 6.07) is 0.987. The van der Waals surface area contributed by atoms with Gasteiger partial charge in [0.05, 0.1) is 13.2 Å². The Labute approximate surface area is 150 Å². The molecule has 0 saturated carbocycles. The minimum Gasteiger partial charge on any atom is -0.450 e. The van der Waals surface area contributed by atoms with Gasteiger partial charge in [-0.2, -0.15) is 0 Å². The van der Waals surface area contributed by atoms with Gasteiger partial charge in [-0.15, -0.1) is 0 Å². The van der Waals surface area contributed by atoms with Crippen molar-refractivity contribution in [2.75, 3.05) is 13.2 Å². The van der Waals surface area contributed by atoms with Gasteiger partial charge in [0.1, 0.15) is 0 Å². The summed E-state index contributed by atoms with van der Waals surface area (Å²) in [6.45, 7) is 19.1. The number of alkyl carbamates (subject to hydrolysis) is 1. The molecule has 1 N–H and O–H groups in total. The van der Waals surface area contributed by atoms with E-state index < -0.39 is 16.4 Å². The minimum atomic E-state index is -1.66. The minimum absolute atomic E-state index is 0.237. The third-order valence-electron chi connectivity index (χ3n) is 4.19. The van der Waals surface area contributed by atoms with Crippen LogP contribution in [0.25, 0.3) is 0 Å². The molecule has 1 amide bonds. The zero-order valence-electron chi connectivity index (χ0n) is 16.9. The van der Waals surface area contributed by atoms with Gasteiger partial charge in [0.2, 0.25) is 0 Å². The quantitative estimate of drug-likeness (QED) is 0.428. The van der Waals surface area contributed by atoms with E-state index in [0.717, 1.165) is 12.5 Å². The fourth-order valence-corrected chi connectivity index (χ4v) is 3.06. The predicted octanol–water partition coefficient (Wildman–Crippen LogP) is 5.53. The van der Waals surface area contributed by atoms with Gasteiger partial charge in [-0.3, -0.25) is 5.32 Å². The van der Waals surface area contributed by atoms with Crippen molar-refractivity contribution in [1.82, 2.24) is 5.32 Å². The number of amides is 1. The average Bonchev–Trinajstić information content (AvgIpc) is 2.38. The largest absolute Gasteiger partial charge is 0.450 e. The molecule has 0 saturated heterocycles. The van der Waals surface area contributed by atoms with E-state index in [1.165, 1.54) is 0 Å². The molecule has 24 heavy (non-hydrogen) atoms. The van der Waals surface area contributed by atoms with Crippen LogP contribution in [0.15, 0.2) is 24.4 Å². The third kappa shape index (κ3) is 11.6. The zero-order chi connectivity index (χ0) is 18.9. The highest BCUT2D eigenvalue weighted by Gasteiger charge is 2.36. The van der Waals surface area contributed by atoms with Crippen molar-refractivity contribution in [3.8, 4) is 0 Å². The molecule has 0 aliphatic heterocycles. The highest BCUT2D eigenvalue weighted by molar-refractivity contribution is 6.76. The van der Waals surface area contributed by atoms with E-state index >= 15 is 0 Å². The maximum atomic E-state index is 11.5. The highest BCUT2D eigenvalue weighted by Crippen LogP contribution is 2.36. The summed E-state index contributed by atoms with van der Waals surface area (Å²) in [5.41, 5.74) is 0. The Balaban J connectivity index is 3.84. The van der Waals surface area contributed by atoms with E-state index in [9.17, 15) is 4.79 Å². The summed E-state index contributed by atoms with van der Waals surface area (Å²) in [6.07, 6.45) is 7.99. The summed E-state index contributed by atoms with van der Waals surface area (Å²) in [5, 5.41) is 2.86. The second kappa shape index (κ2) is 10.2. The van der Waals surface area contributed by atoms with Crippen LogP contribution in [0.3, 0.4) is 0 Å². The third-order valence-corrected chi connectivity index (χ3v) is 10.4. The van der Waals surface area contributed by atoms with Crippen molar-refractivity contribution < 1.29 is 14.0 Å². The molecule has 4 nitrogen and oxygen atoms in total. The number of carbonyl (C=O) groups excluding carboxylic acids is 1. The van der Waals surface area contributed by atoms with E-state index in [0.29, 0.717) is 13.2 Å². The molecule has 0 fully saturated rings. The van der Waals surface area contributed by atoms with Crippen molar-refractivity contribution in [2.45, 2.75) is 71.0 Å². The Morgan fingerprint density at radius 1 is 1.04 bits per heavy atom. The molecule has 0 radical (unpaired) electrons. The average molecular weight is 372 g/mol. The lowest BCUT2D eigenvalue weighted by atomic mass is 10.2. The second-order valence-electron chi connectivity index (χ2n) is 8.77. The van der Waals surface area contributed by atoms with Crippen LogP contribution in [0.1, 0.15) is 27.2 Å². The van der Waals surface area contributed by atoms with Gasteiger partial charge in [-0.1, -0.05) is 58.6 Å². The molecule has 0 bridgehead atoms. The van der Waals surface area contributed by atoms with Gasteiger partial charge in [0.15, 0.2) is 8.32 Å². The fraction of sp³-hybridized carbons (Fsp3) is 0.722. The maximum absolute atomic E-state index is 11.5. The van der Waals surface area contributed by atoms with E-state index in [1.807, 2.05) is 18.2 Å². The first kappa shape index (κ1) is 23.1. The molecule has 0 spiro atoms. The zero-order valence-corrected chi connectivity index (χ0v) is 18.9. The molecular weight excluding hydrogens is 334 g/mol. The molecule has 0 aromatic heterocycles. The maximum Gasteiger partial charge on any atom is 0.411 e. The molecule has 0 aliphatic carbocycles. The Hall–Kier alpha value is -0.856. The van der Waals surface area contributed by atoms with Gasteiger partial charge in [-0.05, 0) is 30.6 Å². The lowest BCUT2D eigenvalue weighted by Gasteiger charge is -2.35. The Morgan fingerprint density at radius 2 is 1.67 bits per heavy atom. The first-order valence-corrected chi connectivity index (χ1v) is 15.3. The van der Waals surface area contributed by atoms with Crippen LogP contribution in [-0.4, -0.2) is 35.7 Å². The molecule has 0 unspecified atom stereocenters. The predicted molar refractivity (Wildman–Crippen MR) is 109 cm³/mol. The Kier molecular flexibility index (Phi) is 9.84. The highest BCUT2D eigenvalue weighted by atomic mass is 28.4. The number of allylic oxidation sites excluding steroid dienone is 2. The lowest BCUT2D eigenvalue weighted by Crippen LogP contribution is -2.40. The smallest absolute Gasteiger partial charge is 0.411 e. The number of hydrogen-bond donors (Lipinski definition) is 1. The van der Waals surface area contributed by atoms with Gasteiger partial charge >= 0.3 is 6.09 Å². The van der Waals surface area contributed by atoms with E-state index in [1.54, 1.807) is 6.20 Å². The van der Waals surface area contributed by atoms with Crippen molar-refractivity contribution in [3.63, 3.8) is 0 Å². The Bertz CT molecular complexity index is 433. The van der Waals surface area contributed by atoms with Gasteiger partial charge in [0.25, 0.3) is 0 Å².